The van der Waals surface area contributed by atoms with Gasteiger partial charge in [0.2, 0.25) is 0 Å². The zero-order valence-corrected chi connectivity index (χ0v) is 15.3. The number of urea groups is 1. The summed E-state index contributed by atoms with van der Waals surface area (Å²) in [5, 5.41) is 2.88. The number of rotatable bonds is 4. The highest BCUT2D eigenvalue weighted by molar-refractivity contribution is 7.91. The first-order valence-corrected chi connectivity index (χ1v) is 10.2. The first-order chi connectivity index (χ1) is 11.9. The first kappa shape index (κ1) is 17.8. The summed E-state index contributed by atoms with van der Waals surface area (Å²) in [6, 6.07) is 5.01. The second-order valence-electron chi connectivity index (χ2n) is 6.51. The van der Waals surface area contributed by atoms with E-state index in [4.69, 9.17) is 9.47 Å². The molecule has 0 saturated carbocycles. The molecule has 2 unspecified atom stereocenters. The van der Waals surface area contributed by atoms with Crippen molar-refractivity contribution in [3.8, 4) is 11.5 Å². The van der Waals surface area contributed by atoms with Gasteiger partial charge in [0.1, 0.15) is 11.5 Å². The summed E-state index contributed by atoms with van der Waals surface area (Å²) in [6.07, 6.45) is 2.23. The molecule has 0 aliphatic carbocycles. The van der Waals surface area contributed by atoms with Gasteiger partial charge in [-0.05, 0) is 31.4 Å². The molecular weight excluding hydrogens is 344 g/mol. The van der Waals surface area contributed by atoms with Crippen molar-refractivity contribution >= 4 is 15.9 Å². The molecule has 2 heterocycles. The summed E-state index contributed by atoms with van der Waals surface area (Å²) < 4.78 is 33.9. The fourth-order valence-corrected chi connectivity index (χ4v) is 5.27. The fraction of sp³-hybridized carbons (Fsp3) is 0.588. The van der Waals surface area contributed by atoms with Crippen LogP contribution in [0.1, 0.15) is 30.9 Å². The smallest absolute Gasteiger partial charge is 0.318 e. The highest BCUT2D eigenvalue weighted by Crippen LogP contribution is 2.38. The Bertz CT molecular complexity index is 749. The molecule has 2 aliphatic rings. The van der Waals surface area contributed by atoms with Gasteiger partial charge in [-0.25, -0.2) is 13.2 Å². The number of sulfone groups is 1. The lowest BCUT2D eigenvalue weighted by Crippen LogP contribution is -2.45. The second-order valence-corrected chi connectivity index (χ2v) is 8.74. The Hall–Kier alpha value is -1.96. The lowest BCUT2D eigenvalue weighted by molar-refractivity contribution is 0.189. The summed E-state index contributed by atoms with van der Waals surface area (Å²) in [5.74, 6) is 1.56. The minimum Gasteiger partial charge on any atom is -0.497 e. The molecule has 25 heavy (non-hydrogen) atoms. The van der Waals surface area contributed by atoms with Gasteiger partial charge in [0.25, 0.3) is 0 Å². The number of hydrogen-bond donors (Lipinski definition) is 1. The highest BCUT2D eigenvalue weighted by Gasteiger charge is 2.35. The predicted octanol–water partition coefficient (Wildman–Crippen LogP) is 1.74. The van der Waals surface area contributed by atoms with Crippen molar-refractivity contribution in [1.82, 2.24) is 10.2 Å². The monoisotopic (exact) mass is 368 g/mol. The van der Waals surface area contributed by atoms with Crippen molar-refractivity contribution in [1.29, 1.82) is 0 Å². The number of hydrogen-bond acceptors (Lipinski definition) is 5. The van der Waals surface area contributed by atoms with Crippen LogP contribution in [-0.2, 0) is 9.84 Å². The Morgan fingerprint density at radius 1 is 1.24 bits per heavy atom. The molecule has 2 amide bonds. The molecule has 1 aromatic carbocycles. The van der Waals surface area contributed by atoms with Gasteiger partial charge in [-0.1, -0.05) is 0 Å². The number of likely N-dealkylation sites (tertiary alicyclic amines) is 1. The summed E-state index contributed by atoms with van der Waals surface area (Å²) in [6.45, 7) is 0.644. The second kappa shape index (κ2) is 7.11. The van der Waals surface area contributed by atoms with Crippen molar-refractivity contribution in [3.05, 3.63) is 23.8 Å². The zero-order chi connectivity index (χ0) is 18.0. The summed E-state index contributed by atoms with van der Waals surface area (Å²) in [4.78, 5) is 14.4. The van der Waals surface area contributed by atoms with E-state index in [0.717, 1.165) is 18.4 Å². The maximum Gasteiger partial charge on any atom is 0.318 e. The number of carbonyl (C=O) groups is 1. The van der Waals surface area contributed by atoms with E-state index in [1.54, 1.807) is 19.1 Å². The fourth-order valence-electron chi connectivity index (χ4n) is 3.59. The van der Waals surface area contributed by atoms with Crippen molar-refractivity contribution in [2.75, 3.05) is 32.3 Å². The topological polar surface area (TPSA) is 84.9 Å². The predicted molar refractivity (Wildman–Crippen MR) is 93.8 cm³/mol. The van der Waals surface area contributed by atoms with Crippen LogP contribution in [0, 0.1) is 0 Å². The molecule has 138 valence electrons. The summed E-state index contributed by atoms with van der Waals surface area (Å²) >= 11 is 0. The average Bonchev–Trinajstić information content (AvgIpc) is 3.20. The third kappa shape index (κ3) is 3.84. The molecule has 3 rings (SSSR count). The molecule has 7 nitrogen and oxygen atoms in total. The molecule has 0 radical (unpaired) electrons. The Kier molecular flexibility index (Phi) is 5.08. The van der Waals surface area contributed by atoms with Crippen LogP contribution < -0.4 is 14.8 Å². The normalized spacial score (nSPS) is 25.0. The number of methoxy groups -OCH3 is 2. The number of ether oxygens (including phenoxy) is 2. The van der Waals surface area contributed by atoms with Crippen LogP contribution in [0.15, 0.2) is 18.2 Å². The van der Waals surface area contributed by atoms with Crippen molar-refractivity contribution in [3.63, 3.8) is 0 Å². The van der Waals surface area contributed by atoms with Gasteiger partial charge in [-0.3, -0.25) is 0 Å². The number of nitrogens with zero attached hydrogens (tertiary/aromatic N) is 1. The zero-order valence-electron chi connectivity index (χ0n) is 14.5. The Balaban J connectivity index is 1.75. The SMILES string of the molecule is COc1ccc(C2CCCN2C(=O)NC2CCS(=O)(=O)C2)c(OC)c1. The van der Waals surface area contributed by atoms with Crippen LogP contribution >= 0.6 is 0 Å². The van der Waals surface area contributed by atoms with Gasteiger partial charge >= 0.3 is 6.03 Å². The largest absolute Gasteiger partial charge is 0.497 e. The van der Waals surface area contributed by atoms with Crippen LogP contribution in [0.4, 0.5) is 4.79 Å². The van der Waals surface area contributed by atoms with E-state index in [1.807, 2.05) is 18.2 Å². The summed E-state index contributed by atoms with van der Waals surface area (Å²) in [7, 11) is 0.179. The Labute approximate surface area is 148 Å². The number of amides is 2. The maximum absolute atomic E-state index is 12.7. The van der Waals surface area contributed by atoms with E-state index in [9.17, 15) is 13.2 Å². The van der Waals surface area contributed by atoms with Gasteiger partial charge in [-0.15, -0.1) is 0 Å². The third-order valence-electron chi connectivity index (χ3n) is 4.87. The van der Waals surface area contributed by atoms with Crippen LogP contribution in [0.25, 0.3) is 0 Å². The van der Waals surface area contributed by atoms with E-state index in [0.29, 0.717) is 24.5 Å². The molecule has 2 atom stereocenters. The minimum atomic E-state index is -3.02. The lowest BCUT2D eigenvalue weighted by atomic mass is 10.0. The van der Waals surface area contributed by atoms with Gasteiger partial charge in [0.05, 0.1) is 31.8 Å². The first-order valence-electron chi connectivity index (χ1n) is 8.43. The van der Waals surface area contributed by atoms with Crippen LogP contribution in [0.2, 0.25) is 0 Å². The van der Waals surface area contributed by atoms with Crippen LogP contribution in [-0.4, -0.2) is 57.7 Å². The standard InChI is InChI=1S/C17H24N2O5S/c1-23-13-5-6-14(16(10-13)24-2)15-4-3-8-19(15)17(20)18-12-7-9-25(21,22)11-12/h5-6,10,12,15H,3-4,7-9,11H2,1-2H3,(H,18,20). The van der Waals surface area contributed by atoms with E-state index in [-0.39, 0.29) is 29.6 Å². The quantitative estimate of drug-likeness (QED) is 0.875. The number of benzene rings is 1. The molecule has 0 aromatic heterocycles. The molecule has 0 bridgehead atoms. The third-order valence-corrected chi connectivity index (χ3v) is 6.64. The molecule has 0 spiro atoms. The van der Waals surface area contributed by atoms with Crippen LogP contribution in [0.5, 0.6) is 11.5 Å². The van der Waals surface area contributed by atoms with E-state index in [1.165, 1.54) is 0 Å². The molecule has 1 aromatic rings. The summed E-state index contributed by atoms with van der Waals surface area (Å²) in [5.41, 5.74) is 0.940. The molecule has 2 saturated heterocycles. The van der Waals surface area contributed by atoms with Crippen molar-refractivity contribution < 1.29 is 22.7 Å². The maximum atomic E-state index is 12.7. The Morgan fingerprint density at radius 3 is 2.68 bits per heavy atom. The van der Waals surface area contributed by atoms with E-state index in [2.05, 4.69) is 5.32 Å². The van der Waals surface area contributed by atoms with E-state index < -0.39 is 9.84 Å². The van der Waals surface area contributed by atoms with Gasteiger partial charge < -0.3 is 19.7 Å². The molecular formula is C17H24N2O5S. The average molecular weight is 368 g/mol. The van der Waals surface area contributed by atoms with Crippen molar-refractivity contribution in [2.24, 2.45) is 0 Å². The molecule has 1 N–H and O–H groups in total. The van der Waals surface area contributed by atoms with E-state index >= 15 is 0 Å². The molecule has 8 heteroatoms. The van der Waals surface area contributed by atoms with Gasteiger partial charge in [-0.2, -0.15) is 0 Å². The molecule has 2 fully saturated rings. The van der Waals surface area contributed by atoms with Gasteiger partial charge in [0, 0.05) is 24.2 Å². The molecule has 2 aliphatic heterocycles. The number of nitrogens with one attached hydrogen (secondary N) is 1. The number of carbonyl (C=O) groups excluding carboxylic acids is 1. The lowest BCUT2D eigenvalue weighted by Gasteiger charge is -2.28. The van der Waals surface area contributed by atoms with Crippen LogP contribution in [0.3, 0.4) is 0 Å². The van der Waals surface area contributed by atoms with Crippen molar-refractivity contribution in [2.45, 2.75) is 31.3 Å². The minimum absolute atomic E-state index is 0.0309. The Morgan fingerprint density at radius 2 is 2.04 bits per heavy atom. The van der Waals surface area contributed by atoms with Gasteiger partial charge in [0.15, 0.2) is 9.84 Å². The highest BCUT2D eigenvalue weighted by atomic mass is 32.2.